The Bertz CT molecular complexity index is 470. The van der Waals surface area contributed by atoms with E-state index in [-0.39, 0.29) is 5.54 Å². The number of benzene rings is 1. The van der Waals surface area contributed by atoms with Crippen molar-refractivity contribution < 1.29 is 4.74 Å². The summed E-state index contributed by atoms with van der Waals surface area (Å²) in [6, 6.07) is 6.75. The van der Waals surface area contributed by atoms with Gasteiger partial charge in [0.15, 0.2) is 0 Å². The molecule has 1 aromatic carbocycles. The molecule has 1 aromatic rings. The van der Waals surface area contributed by atoms with Crippen LogP contribution >= 0.6 is 0 Å². The lowest BCUT2D eigenvalue weighted by atomic mass is 9.97. The molecule has 0 aliphatic carbocycles. The monoisotopic (exact) mass is 243 g/mol. The van der Waals surface area contributed by atoms with Crippen LogP contribution < -0.4 is 10.1 Å². The zero-order valence-corrected chi connectivity index (χ0v) is 11.4. The van der Waals surface area contributed by atoms with Crippen LogP contribution in [0.2, 0.25) is 0 Å². The van der Waals surface area contributed by atoms with E-state index in [0.717, 1.165) is 25.2 Å². The number of fused-ring (bicyclic) bond motifs is 1. The summed E-state index contributed by atoms with van der Waals surface area (Å²) in [4.78, 5) is 0. The molecule has 0 saturated heterocycles. The highest BCUT2D eigenvalue weighted by atomic mass is 16.5. The first-order valence-corrected chi connectivity index (χ1v) is 6.57. The van der Waals surface area contributed by atoms with Crippen molar-refractivity contribution in [2.75, 3.05) is 6.61 Å². The Balaban J connectivity index is 2.21. The predicted octanol–water partition coefficient (Wildman–Crippen LogP) is 3.07. The van der Waals surface area contributed by atoms with Gasteiger partial charge in [-0.25, -0.2) is 0 Å². The highest BCUT2D eigenvalue weighted by Crippen LogP contribution is 2.29. The zero-order chi connectivity index (χ0) is 13.2. The van der Waals surface area contributed by atoms with Gasteiger partial charge in [0, 0.05) is 12.5 Å². The number of terminal acetylenes is 1. The van der Waals surface area contributed by atoms with Gasteiger partial charge >= 0.3 is 0 Å². The maximum absolute atomic E-state index is 5.55. The Morgan fingerprint density at radius 2 is 2.28 bits per heavy atom. The molecule has 2 rings (SSSR count). The van der Waals surface area contributed by atoms with E-state index >= 15 is 0 Å². The molecule has 2 nitrogen and oxygen atoms in total. The molecular formula is C16H21NO. The lowest BCUT2D eigenvalue weighted by Gasteiger charge is -2.27. The van der Waals surface area contributed by atoms with Crippen LogP contribution in [-0.2, 0) is 6.42 Å². The molecular weight excluding hydrogens is 222 g/mol. The number of ether oxygens (including phenoxy) is 1. The second-order valence-electron chi connectivity index (χ2n) is 5.34. The fourth-order valence-electron chi connectivity index (χ4n) is 2.32. The fourth-order valence-corrected chi connectivity index (χ4v) is 2.32. The van der Waals surface area contributed by atoms with Crippen molar-refractivity contribution in [3.63, 3.8) is 0 Å². The highest BCUT2D eigenvalue weighted by Gasteiger charge is 2.21. The van der Waals surface area contributed by atoms with Gasteiger partial charge in [-0.05, 0) is 37.5 Å². The van der Waals surface area contributed by atoms with Crippen molar-refractivity contribution in [1.82, 2.24) is 5.32 Å². The van der Waals surface area contributed by atoms with E-state index in [1.807, 2.05) is 13.8 Å². The maximum atomic E-state index is 5.55. The molecule has 96 valence electrons. The van der Waals surface area contributed by atoms with Gasteiger partial charge < -0.3 is 4.74 Å². The molecule has 1 aliphatic rings. The molecule has 18 heavy (non-hydrogen) atoms. The summed E-state index contributed by atoms with van der Waals surface area (Å²) in [5, 5.41) is 3.52. The number of rotatable bonds is 4. The van der Waals surface area contributed by atoms with Gasteiger partial charge in [-0.2, -0.15) is 0 Å². The summed E-state index contributed by atoms with van der Waals surface area (Å²) in [6.45, 7) is 7.05. The molecule has 0 fully saturated rings. The van der Waals surface area contributed by atoms with Crippen molar-refractivity contribution >= 4 is 0 Å². The molecule has 0 bridgehead atoms. The largest absolute Gasteiger partial charge is 0.493 e. The van der Waals surface area contributed by atoms with E-state index in [2.05, 4.69) is 36.4 Å². The quantitative estimate of drug-likeness (QED) is 0.821. The highest BCUT2D eigenvalue weighted by molar-refractivity contribution is 5.41. The Kier molecular flexibility index (Phi) is 3.63. The number of hydrogen-bond donors (Lipinski definition) is 1. The van der Waals surface area contributed by atoms with Crippen LogP contribution in [0.25, 0.3) is 0 Å². The summed E-state index contributed by atoms with van der Waals surface area (Å²) >= 11 is 0. The van der Waals surface area contributed by atoms with Crippen molar-refractivity contribution in [3.8, 4) is 18.1 Å². The summed E-state index contributed by atoms with van der Waals surface area (Å²) in [5.41, 5.74) is 2.33. The topological polar surface area (TPSA) is 21.3 Å². The van der Waals surface area contributed by atoms with Crippen LogP contribution in [-0.4, -0.2) is 12.1 Å². The second kappa shape index (κ2) is 5.04. The normalized spacial score (nSPS) is 15.7. The molecule has 0 aromatic heterocycles. The van der Waals surface area contributed by atoms with Crippen LogP contribution in [0.1, 0.15) is 44.4 Å². The molecule has 0 spiro atoms. The van der Waals surface area contributed by atoms with E-state index in [1.54, 1.807) is 0 Å². The standard InChI is InChI=1S/C16H21NO/c1-5-14(17-16(3,4)6-2)12-7-8-15-13(11-12)9-10-18-15/h2,7-8,11,14,17H,5,9-10H2,1,3-4H3. The first-order valence-electron chi connectivity index (χ1n) is 6.57. The predicted molar refractivity (Wildman–Crippen MR) is 74.7 cm³/mol. The molecule has 0 saturated carbocycles. The van der Waals surface area contributed by atoms with Gasteiger partial charge in [-0.15, -0.1) is 6.42 Å². The van der Waals surface area contributed by atoms with E-state index in [4.69, 9.17) is 11.2 Å². The van der Waals surface area contributed by atoms with E-state index < -0.39 is 0 Å². The minimum absolute atomic E-state index is 0.282. The van der Waals surface area contributed by atoms with Crippen LogP contribution in [0.15, 0.2) is 18.2 Å². The third-order valence-corrected chi connectivity index (χ3v) is 3.42. The van der Waals surface area contributed by atoms with Crippen LogP contribution in [0.3, 0.4) is 0 Å². The van der Waals surface area contributed by atoms with Crippen LogP contribution in [0, 0.1) is 12.3 Å². The minimum atomic E-state index is -0.282. The third-order valence-electron chi connectivity index (χ3n) is 3.42. The van der Waals surface area contributed by atoms with Crippen molar-refractivity contribution in [3.05, 3.63) is 29.3 Å². The smallest absolute Gasteiger partial charge is 0.122 e. The zero-order valence-electron chi connectivity index (χ0n) is 11.4. The molecule has 1 unspecified atom stereocenters. The summed E-state index contributed by atoms with van der Waals surface area (Å²) < 4.78 is 5.54. The Morgan fingerprint density at radius 3 is 2.94 bits per heavy atom. The van der Waals surface area contributed by atoms with E-state index in [0.29, 0.717) is 6.04 Å². The second-order valence-corrected chi connectivity index (χ2v) is 5.34. The van der Waals surface area contributed by atoms with Crippen molar-refractivity contribution in [2.45, 2.75) is 45.2 Å². The molecule has 0 amide bonds. The molecule has 0 radical (unpaired) electrons. The Morgan fingerprint density at radius 1 is 1.50 bits per heavy atom. The Labute approximate surface area is 110 Å². The molecule has 1 atom stereocenters. The van der Waals surface area contributed by atoms with Gasteiger partial charge in [0.1, 0.15) is 5.75 Å². The van der Waals surface area contributed by atoms with Gasteiger partial charge in [0.25, 0.3) is 0 Å². The van der Waals surface area contributed by atoms with Gasteiger partial charge in [-0.3, -0.25) is 5.32 Å². The minimum Gasteiger partial charge on any atom is -0.493 e. The summed E-state index contributed by atoms with van der Waals surface area (Å²) in [5.74, 6) is 3.82. The number of hydrogen-bond acceptors (Lipinski definition) is 2. The van der Waals surface area contributed by atoms with Crippen LogP contribution in [0.4, 0.5) is 0 Å². The molecule has 1 heterocycles. The molecule has 2 heteroatoms. The average Bonchev–Trinajstić information content (AvgIpc) is 2.83. The Hall–Kier alpha value is -1.46. The lowest BCUT2D eigenvalue weighted by Crippen LogP contribution is -2.40. The molecule has 1 N–H and O–H groups in total. The number of nitrogens with one attached hydrogen (secondary N) is 1. The third kappa shape index (κ3) is 2.68. The fraction of sp³-hybridized carbons (Fsp3) is 0.500. The first kappa shape index (κ1) is 13.0. The maximum Gasteiger partial charge on any atom is 0.122 e. The SMILES string of the molecule is C#CC(C)(C)NC(CC)c1ccc2c(c1)CCO2. The first-order chi connectivity index (χ1) is 8.55. The van der Waals surface area contributed by atoms with Crippen molar-refractivity contribution in [2.24, 2.45) is 0 Å². The van der Waals surface area contributed by atoms with E-state index in [9.17, 15) is 0 Å². The summed E-state index contributed by atoms with van der Waals surface area (Å²) in [6.07, 6.45) is 7.58. The van der Waals surface area contributed by atoms with Gasteiger partial charge in [0.2, 0.25) is 0 Å². The van der Waals surface area contributed by atoms with Crippen LogP contribution in [0.5, 0.6) is 5.75 Å². The molecule has 1 aliphatic heterocycles. The van der Waals surface area contributed by atoms with Gasteiger partial charge in [0.05, 0.1) is 12.1 Å². The summed E-state index contributed by atoms with van der Waals surface area (Å²) in [7, 11) is 0. The lowest BCUT2D eigenvalue weighted by molar-refractivity contribution is 0.356. The van der Waals surface area contributed by atoms with Crippen molar-refractivity contribution in [1.29, 1.82) is 0 Å². The average molecular weight is 243 g/mol. The van der Waals surface area contributed by atoms with Gasteiger partial charge in [-0.1, -0.05) is 25.0 Å². The van der Waals surface area contributed by atoms with E-state index in [1.165, 1.54) is 11.1 Å².